The molecule has 0 radical (unpaired) electrons. The quantitative estimate of drug-likeness (QED) is 0.854. The van der Waals surface area contributed by atoms with Crippen LogP contribution in [0.2, 0.25) is 0 Å². The normalized spacial score (nSPS) is 10.3. The van der Waals surface area contributed by atoms with E-state index in [1.807, 2.05) is 37.1 Å². The average Bonchev–Trinajstić information content (AvgIpc) is 2.41. The molecule has 0 heterocycles. The van der Waals surface area contributed by atoms with E-state index in [4.69, 9.17) is 10.5 Å². The molecule has 0 aromatic heterocycles. The van der Waals surface area contributed by atoms with Gasteiger partial charge in [-0.2, -0.15) is 0 Å². The van der Waals surface area contributed by atoms with Gasteiger partial charge >= 0.3 is 0 Å². The molecule has 19 heavy (non-hydrogen) atoms. The van der Waals surface area contributed by atoms with Crippen LogP contribution in [-0.4, -0.2) is 13.7 Å². The van der Waals surface area contributed by atoms with Crippen molar-refractivity contribution >= 4 is 17.1 Å². The van der Waals surface area contributed by atoms with E-state index in [0.29, 0.717) is 18.0 Å². The van der Waals surface area contributed by atoms with Gasteiger partial charge in [0.15, 0.2) is 0 Å². The summed E-state index contributed by atoms with van der Waals surface area (Å²) in [6.45, 7) is 2.46. The molecule has 0 atom stereocenters. The SMILES string of the molecule is CCOc1cc(N(C)c2cccc(F)c2)ccc1N. The van der Waals surface area contributed by atoms with E-state index in [1.54, 1.807) is 12.1 Å². The van der Waals surface area contributed by atoms with Gasteiger partial charge in [0.2, 0.25) is 0 Å². The van der Waals surface area contributed by atoms with Gasteiger partial charge in [-0.05, 0) is 37.3 Å². The molecule has 3 nitrogen and oxygen atoms in total. The minimum atomic E-state index is -0.259. The highest BCUT2D eigenvalue weighted by atomic mass is 19.1. The predicted molar refractivity (Wildman–Crippen MR) is 76.5 cm³/mol. The lowest BCUT2D eigenvalue weighted by Crippen LogP contribution is -2.10. The molecule has 2 aromatic carbocycles. The van der Waals surface area contributed by atoms with Gasteiger partial charge in [0.05, 0.1) is 12.3 Å². The van der Waals surface area contributed by atoms with Crippen LogP contribution in [0.4, 0.5) is 21.5 Å². The van der Waals surface area contributed by atoms with Crippen LogP contribution >= 0.6 is 0 Å². The third kappa shape index (κ3) is 2.96. The Morgan fingerprint density at radius 2 is 1.89 bits per heavy atom. The molecular formula is C15H17FN2O. The van der Waals surface area contributed by atoms with Crippen molar-refractivity contribution in [2.45, 2.75) is 6.92 Å². The molecule has 0 saturated carbocycles. The Morgan fingerprint density at radius 1 is 1.16 bits per heavy atom. The van der Waals surface area contributed by atoms with Crippen molar-refractivity contribution in [2.75, 3.05) is 24.3 Å². The van der Waals surface area contributed by atoms with Crippen molar-refractivity contribution in [1.82, 2.24) is 0 Å². The molecule has 0 aliphatic rings. The number of hydrogen-bond acceptors (Lipinski definition) is 3. The fourth-order valence-corrected chi connectivity index (χ4v) is 1.85. The molecule has 100 valence electrons. The minimum Gasteiger partial charge on any atom is -0.492 e. The number of nitrogen functional groups attached to an aromatic ring is 1. The summed E-state index contributed by atoms with van der Waals surface area (Å²) in [5.74, 6) is 0.382. The van der Waals surface area contributed by atoms with Crippen molar-refractivity contribution in [3.8, 4) is 5.75 Å². The molecule has 4 heteroatoms. The first-order valence-corrected chi connectivity index (χ1v) is 6.13. The van der Waals surface area contributed by atoms with Crippen LogP contribution < -0.4 is 15.4 Å². The molecule has 0 spiro atoms. The zero-order valence-corrected chi connectivity index (χ0v) is 11.1. The molecule has 0 unspecified atom stereocenters. The zero-order valence-electron chi connectivity index (χ0n) is 11.1. The fraction of sp³-hybridized carbons (Fsp3) is 0.200. The summed E-state index contributed by atoms with van der Waals surface area (Å²) in [5, 5.41) is 0. The van der Waals surface area contributed by atoms with Gasteiger partial charge in [-0.1, -0.05) is 6.07 Å². The molecule has 0 aliphatic carbocycles. The van der Waals surface area contributed by atoms with E-state index in [-0.39, 0.29) is 5.82 Å². The van der Waals surface area contributed by atoms with E-state index >= 15 is 0 Å². The maximum absolute atomic E-state index is 13.2. The third-order valence-electron chi connectivity index (χ3n) is 2.88. The molecule has 0 bridgehead atoms. The van der Waals surface area contributed by atoms with Crippen LogP contribution in [0.3, 0.4) is 0 Å². The van der Waals surface area contributed by atoms with Crippen LogP contribution in [0.1, 0.15) is 6.92 Å². The molecular weight excluding hydrogens is 243 g/mol. The fourth-order valence-electron chi connectivity index (χ4n) is 1.85. The monoisotopic (exact) mass is 260 g/mol. The van der Waals surface area contributed by atoms with Crippen LogP contribution in [-0.2, 0) is 0 Å². The highest BCUT2D eigenvalue weighted by Gasteiger charge is 2.08. The summed E-state index contributed by atoms with van der Waals surface area (Å²) < 4.78 is 18.7. The lowest BCUT2D eigenvalue weighted by molar-refractivity contribution is 0.342. The van der Waals surface area contributed by atoms with Crippen molar-refractivity contribution in [2.24, 2.45) is 0 Å². The smallest absolute Gasteiger partial charge is 0.144 e. The summed E-state index contributed by atoms with van der Waals surface area (Å²) in [6, 6.07) is 12.0. The summed E-state index contributed by atoms with van der Waals surface area (Å²) in [4.78, 5) is 1.88. The second-order valence-corrected chi connectivity index (χ2v) is 4.19. The average molecular weight is 260 g/mol. The van der Waals surface area contributed by atoms with Gasteiger partial charge in [0, 0.05) is 24.5 Å². The van der Waals surface area contributed by atoms with Crippen molar-refractivity contribution in [3.63, 3.8) is 0 Å². The minimum absolute atomic E-state index is 0.259. The topological polar surface area (TPSA) is 38.5 Å². The Bertz CT molecular complexity index is 572. The summed E-state index contributed by atoms with van der Waals surface area (Å²) in [6.07, 6.45) is 0. The lowest BCUT2D eigenvalue weighted by atomic mass is 10.2. The lowest BCUT2D eigenvalue weighted by Gasteiger charge is -2.21. The van der Waals surface area contributed by atoms with Crippen LogP contribution in [0.15, 0.2) is 42.5 Å². The Morgan fingerprint density at radius 3 is 2.58 bits per heavy atom. The number of rotatable bonds is 4. The standard InChI is InChI=1S/C15H17FN2O/c1-3-19-15-10-13(7-8-14(15)17)18(2)12-6-4-5-11(16)9-12/h4-10H,3,17H2,1-2H3. The van der Waals surface area contributed by atoms with Gasteiger partial charge < -0.3 is 15.4 Å². The van der Waals surface area contributed by atoms with Crippen molar-refractivity contribution < 1.29 is 9.13 Å². The summed E-state index contributed by atoms with van der Waals surface area (Å²) in [7, 11) is 1.87. The molecule has 0 aliphatic heterocycles. The zero-order chi connectivity index (χ0) is 13.8. The second kappa shape index (κ2) is 5.61. The first-order valence-electron chi connectivity index (χ1n) is 6.13. The number of benzene rings is 2. The maximum atomic E-state index is 13.2. The number of halogens is 1. The first-order chi connectivity index (χ1) is 9.11. The molecule has 2 rings (SSSR count). The van der Waals surface area contributed by atoms with Gasteiger partial charge in [-0.3, -0.25) is 0 Å². The summed E-state index contributed by atoms with van der Waals surface area (Å²) >= 11 is 0. The van der Waals surface area contributed by atoms with Crippen LogP contribution in [0.5, 0.6) is 5.75 Å². The number of nitrogens with zero attached hydrogens (tertiary/aromatic N) is 1. The molecule has 2 aromatic rings. The molecule has 2 N–H and O–H groups in total. The Balaban J connectivity index is 2.33. The van der Waals surface area contributed by atoms with Crippen LogP contribution in [0, 0.1) is 5.82 Å². The molecule has 0 fully saturated rings. The molecule has 0 amide bonds. The number of hydrogen-bond donors (Lipinski definition) is 1. The Labute approximate surface area is 112 Å². The van der Waals surface area contributed by atoms with E-state index in [1.165, 1.54) is 12.1 Å². The molecule has 0 saturated heterocycles. The number of anilines is 3. The van der Waals surface area contributed by atoms with Crippen molar-refractivity contribution in [1.29, 1.82) is 0 Å². The van der Waals surface area contributed by atoms with Gasteiger partial charge in [0.1, 0.15) is 11.6 Å². The maximum Gasteiger partial charge on any atom is 0.144 e. The first kappa shape index (κ1) is 13.2. The van der Waals surface area contributed by atoms with Crippen LogP contribution in [0.25, 0.3) is 0 Å². The predicted octanol–water partition coefficient (Wildman–Crippen LogP) is 3.57. The number of nitrogens with two attached hydrogens (primary N) is 1. The highest BCUT2D eigenvalue weighted by Crippen LogP contribution is 2.31. The Hall–Kier alpha value is -2.23. The largest absolute Gasteiger partial charge is 0.492 e. The second-order valence-electron chi connectivity index (χ2n) is 4.19. The summed E-state index contributed by atoms with van der Waals surface area (Å²) in [5.41, 5.74) is 8.09. The van der Waals surface area contributed by atoms with E-state index < -0.39 is 0 Å². The van der Waals surface area contributed by atoms with Gasteiger partial charge in [0.25, 0.3) is 0 Å². The van der Waals surface area contributed by atoms with E-state index in [9.17, 15) is 4.39 Å². The highest BCUT2D eigenvalue weighted by molar-refractivity contribution is 5.68. The van der Waals surface area contributed by atoms with Crippen molar-refractivity contribution in [3.05, 3.63) is 48.3 Å². The van der Waals surface area contributed by atoms with Gasteiger partial charge in [-0.15, -0.1) is 0 Å². The third-order valence-corrected chi connectivity index (χ3v) is 2.88. The van der Waals surface area contributed by atoms with E-state index in [0.717, 1.165) is 11.4 Å². The van der Waals surface area contributed by atoms with Gasteiger partial charge in [-0.25, -0.2) is 4.39 Å². The Kier molecular flexibility index (Phi) is 3.90. The van der Waals surface area contributed by atoms with E-state index in [2.05, 4.69) is 0 Å². The number of ether oxygens (including phenoxy) is 1.